The van der Waals surface area contributed by atoms with Crippen LogP contribution >= 0.6 is 0 Å². The number of rotatable bonds is 9. The minimum absolute atomic E-state index is 0.146. The highest BCUT2D eigenvalue weighted by atomic mass is 16.5. The Hall–Kier alpha value is -2.99. The molecule has 218 valence electrons. The van der Waals surface area contributed by atoms with Crippen LogP contribution in [0, 0.1) is 0 Å². The van der Waals surface area contributed by atoms with Crippen molar-refractivity contribution in [3.05, 3.63) is 35.7 Å². The van der Waals surface area contributed by atoms with E-state index < -0.39 is 5.91 Å². The summed E-state index contributed by atoms with van der Waals surface area (Å²) in [6.45, 7) is 9.72. The first-order valence-corrected chi connectivity index (χ1v) is 14.6. The lowest BCUT2D eigenvalue weighted by Gasteiger charge is -2.46. The molecular weight excluding hydrogens is 508 g/mol. The second-order valence-electron chi connectivity index (χ2n) is 11.1. The first-order chi connectivity index (χ1) is 19.4. The van der Waals surface area contributed by atoms with E-state index in [0.29, 0.717) is 24.1 Å². The summed E-state index contributed by atoms with van der Waals surface area (Å²) in [4.78, 5) is 29.0. The molecule has 0 spiro atoms. The van der Waals surface area contributed by atoms with Gasteiger partial charge in [0.1, 0.15) is 0 Å². The maximum Gasteiger partial charge on any atom is 0.271 e. The van der Waals surface area contributed by atoms with Crippen molar-refractivity contribution in [1.29, 1.82) is 0 Å². The average molecular weight is 553 g/mol. The van der Waals surface area contributed by atoms with Gasteiger partial charge in [-0.15, -0.1) is 0 Å². The number of amides is 1. The van der Waals surface area contributed by atoms with Crippen LogP contribution in [0.5, 0.6) is 0 Å². The summed E-state index contributed by atoms with van der Waals surface area (Å²) >= 11 is 0. The molecule has 0 aliphatic carbocycles. The minimum atomic E-state index is -0.604. The van der Waals surface area contributed by atoms with Gasteiger partial charge in [0, 0.05) is 83.1 Å². The van der Waals surface area contributed by atoms with Gasteiger partial charge in [0.2, 0.25) is 0 Å². The van der Waals surface area contributed by atoms with Gasteiger partial charge in [0.05, 0.1) is 11.8 Å². The van der Waals surface area contributed by atoms with E-state index in [1.807, 2.05) is 26.2 Å². The van der Waals surface area contributed by atoms with Crippen molar-refractivity contribution in [2.75, 3.05) is 82.2 Å². The van der Waals surface area contributed by atoms with Gasteiger partial charge in [-0.1, -0.05) is 6.92 Å². The van der Waals surface area contributed by atoms with Crippen molar-refractivity contribution in [3.63, 3.8) is 0 Å². The SMILES string of the molecule is CCc1nc(C(N)=O)c(Nc2ccc(N3CCC(N4CCN(C)CC4)C(OC)C3)cc2)nc1NC1CCOCC1. The number of carbonyl (C=O) groups is 1. The number of likely N-dealkylation sites (N-methyl/N-ethyl adjacent to an activating group) is 1. The first-order valence-electron chi connectivity index (χ1n) is 14.6. The number of hydrogen-bond donors (Lipinski definition) is 3. The predicted octanol–water partition coefficient (Wildman–Crippen LogP) is 2.31. The average Bonchev–Trinajstić information content (AvgIpc) is 2.98. The van der Waals surface area contributed by atoms with Crippen molar-refractivity contribution in [2.45, 2.75) is 50.8 Å². The molecule has 11 heteroatoms. The second-order valence-corrected chi connectivity index (χ2v) is 11.1. The molecule has 2 atom stereocenters. The zero-order valence-corrected chi connectivity index (χ0v) is 24.1. The van der Waals surface area contributed by atoms with Crippen LogP contribution in [0.15, 0.2) is 24.3 Å². The van der Waals surface area contributed by atoms with Crippen LogP contribution in [0.1, 0.15) is 42.4 Å². The lowest BCUT2D eigenvalue weighted by molar-refractivity contribution is -0.0110. The summed E-state index contributed by atoms with van der Waals surface area (Å²) in [5.74, 6) is 0.444. The van der Waals surface area contributed by atoms with Gasteiger partial charge in [0.15, 0.2) is 17.3 Å². The number of benzene rings is 1. The number of primary amides is 1. The molecule has 40 heavy (non-hydrogen) atoms. The fourth-order valence-corrected chi connectivity index (χ4v) is 5.96. The second kappa shape index (κ2) is 13.1. The van der Waals surface area contributed by atoms with Gasteiger partial charge in [-0.3, -0.25) is 9.69 Å². The summed E-state index contributed by atoms with van der Waals surface area (Å²) in [5, 5.41) is 6.81. The van der Waals surface area contributed by atoms with E-state index in [1.54, 1.807) is 0 Å². The van der Waals surface area contributed by atoms with E-state index in [0.717, 1.165) is 88.8 Å². The summed E-state index contributed by atoms with van der Waals surface area (Å²) < 4.78 is 11.5. The first kappa shape index (κ1) is 28.5. The number of nitrogens with two attached hydrogens (primary N) is 1. The third kappa shape index (κ3) is 6.65. The maximum atomic E-state index is 12.3. The van der Waals surface area contributed by atoms with Gasteiger partial charge in [0.25, 0.3) is 5.91 Å². The molecule has 2 unspecified atom stereocenters. The molecule has 3 saturated heterocycles. The van der Waals surface area contributed by atoms with Crippen LogP contribution in [0.2, 0.25) is 0 Å². The van der Waals surface area contributed by atoms with Crippen LogP contribution in [0.3, 0.4) is 0 Å². The van der Waals surface area contributed by atoms with Crippen molar-refractivity contribution < 1.29 is 14.3 Å². The highest BCUT2D eigenvalue weighted by molar-refractivity contribution is 5.96. The van der Waals surface area contributed by atoms with E-state index >= 15 is 0 Å². The number of aromatic nitrogens is 2. The lowest BCUT2D eigenvalue weighted by Crippen LogP contribution is -2.59. The number of piperidine rings is 1. The number of aryl methyl sites for hydroxylation is 1. The number of methoxy groups -OCH3 is 1. The standard InChI is InChI=1S/C29H44N8O3/c1-4-23-28(31-21-10-17-40-18-11-21)34-29(26(33-23)27(30)38)32-20-5-7-22(8-6-20)37-12-9-24(25(19-37)39-3)36-15-13-35(2)14-16-36/h5-8,21,24-25H,4,9-19H2,1-3H3,(H2,30,38)(H2,31,32,34). The molecule has 4 N–H and O–H groups in total. The molecule has 11 nitrogen and oxygen atoms in total. The van der Waals surface area contributed by atoms with E-state index in [2.05, 4.69) is 49.5 Å². The van der Waals surface area contributed by atoms with E-state index in [4.69, 9.17) is 20.2 Å². The van der Waals surface area contributed by atoms with Gasteiger partial charge in [-0.2, -0.15) is 0 Å². The molecule has 3 fully saturated rings. The summed E-state index contributed by atoms with van der Waals surface area (Å²) in [7, 11) is 4.02. The smallest absolute Gasteiger partial charge is 0.271 e. The number of ether oxygens (including phenoxy) is 2. The third-order valence-electron chi connectivity index (χ3n) is 8.43. The topological polar surface area (TPSA) is 121 Å². The molecule has 1 aromatic heterocycles. The largest absolute Gasteiger partial charge is 0.381 e. The maximum absolute atomic E-state index is 12.3. The lowest BCUT2D eigenvalue weighted by atomic mass is 9.98. The Morgan fingerprint density at radius 2 is 1.77 bits per heavy atom. The monoisotopic (exact) mass is 552 g/mol. The number of nitrogens with zero attached hydrogens (tertiary/aromatic N) is 5. The highest BCUT2D eigenvalue weighted by Gasteiger charge is 2.34. The van der Waals surface area contributed by atoms with E-state index in [9.17, 15) is 4.79 Å². The molecule has 2 aromatic rings. The number of anilines is 4. The Morgan fingerprint density at radius 3 is 2.42 bits per heavy atom. The minimum Gasteiger partial charge on any atom is -0.381 e. The summed E-state index contributed by atoms with van der Waals surface area (Å²) in [5.41, 5.74) is 8.54. The molecule has 0 bridgehead atoms. The fraction of sp³-hybridized carbons (Fsp3) is 0.621. The predicted molar refractivity (Wildman–Crippen MR) is 158 cm³/mol. The van der Waals surface area contributed by atoms with Crippen LogP contribution in [-0.4, -0.2) is 111 Å². The zero-order valence-electron chi connectivity index (χ0n) is 24.1. The van der Waals surface area contributed by atoms with Crippen LogP contribution in [0.4, 0.5) is 23.0 Å². The molecule has 4 heterocycles. The molecular formula is C29H44N8O3. The molecule has 1 amide bonds. The van der Waals surface area contributed by atoms with E-state index in [-0.39, 0.29) is 17.8 Å². The van der Waals surface area contributed by atoms with Crippen LogP contribution in [-0.2, 0) is 15.9 Å². The number of hydrogen-bond acceptors (Lipinski definition) is 10. The van der Waals surface area contributed by atoms with Gasteiger partial charge >= 0.3 is 0 Å². The Bertz CT molecular complexity index is 1130. The Labute approximate surface area is 237 Å². The Balaban J connectivity index is 1.27. The normalized spacial score (nSPS) is 23.2. The Morgan fingerprint density at radius 1 is 1.05 bits per heavy atom. The summed E-state index contributed by atoms with van der Waals surface area (Å²) in [6, 6.07) is 8.94. The third-order valence-corrected chi connectivity index (χ3v) is 8.43. The number of carbonyl (C=O) groups excluding carboxylic acids is 1. The molecule has 1 aromatic carbocycles. The van der Waals surface area contributed by atoms with Crippen molar-refractivity contribution >= 4 is 28.9 Å². The van der Waals surface area contributed by atoms with Crippen LogP contribution < -0.4 is 21.3 Å². The number of piperazine rings is 1. The molecule has 0 radical (unpaired) electrons. The summed E-state index contributed by atoms with van der Waals surface area (Å²) in [6.07, 6.45) is 3.70. The molecule has 5 rings (SSSR count). The molecule has 3 aliphatic heterocycles. The van der Waals surface area contributed by atoms with E-state index in [1.165, 1.54) is 0 Å². The van der Waals surface area contributed by atoms with Crippen molar-refractivity contribution in [1.82, 2.24) is 19.8 Å². The van der Waals surface area contributed by atoms with Gasteiger partial charge in [-0.25, -0.2) is 9.97 Å². The zero-order chi connectivity index (χ0) is 28.1. The van der Waals surface area contributed by atoms with Crippen LogP contribution in [0.25, 0.3) is 0 Å². The van der Waals surface area contributed by atoms with Gasteiger partial charge < -0.3 is 35.6 Å². The highest BCUT2D eigenvalue weighted by Crippen LogP contribution is 2.28. The number of nitrogens with one attached hydrogen (secondary N) is 2. The quantitative estimate of drug-likeness (QED) is 0.427. The van der Waals surface area contributed by atoms with Gasteiger partial charge in [-0.05, 0) is 57.0 Å². The van der Waals surface area contributed by atoms with Crippen molar-refractivity contribution in [2.24, 2.45) is 5.73 Å². The van der Waals surface area contributed by atoms with Crippen molar-refractivity contribution in [3.8, 4) is 0 Å². The fourth-order valence-electron chi connectivity index (χ4n) is 5.96. The Kier molecular flexibility index (Phi) is 9.36. The molecule has 3 aliphatic rings. The molecule has 0 saturated carbocycles.